The number of aromatic hydroxyl groups is 1. The van der Waals surface area contributed by atoms with Gasteiger partial charge >= 0.3 is 11.7 Å². The van der Waals surface area contributed by atoms with E-state index >= 15 is 0 Å². The average Bonchev–Trinajstić information content (AvgIpc) is 3.21. The van der Waals surface area contributed by atoms with Crippen LogP contribution in [0.2, 0.25) is 0 Å². The number of carbonyl (C=O) groups excluding carboxylic acids is 1. The molecule has 0 saturated carbocycles. The number of carboxylic acids is 1. The van der Waals surface area contributed by atoms with Crippen LogP contribution >= 0.6 is 11.3 Å². The zero-order valence-corrected chi connectivity index (χ0v) is 16.7. The number of carbonyl (C=O) groups is 2. The minimum atomic E-state index is -1.21. The Balaban J connectivity index is 1.86. The van der Waals surface area contributed by atoms with Crippen LogP contribution in [0.5, 0.6) is 5.75 Å². The van der Waals surface area contributed by atoms with Gasteiger partial charge in [-0.15, -0.1) is 11.3 Å². The zero-order valence-electron chi connectivity index (χ0n) is 15.9. The largest absolute Gasteiger partial charge is 0.502 e. The molecule has 0 saturated heterocycles. The number of phenols is 1. The van der Waals surface area contributed by atoms with Crippen LogP contribution in [0.3, 0.4) is 0 Å². The van der Waals surface area contributed by atoms with Crippen molar-refractivity contribution < 1.29 is 24.7 Å². The number of phenolic OH excluding ortho intramolecular Hbond substituents is 1. The highest BCUT2D eigenvalue weighted by molar-refractivity contribution is 7.10. The van der Waals surface area contributed by atoms with E-state index in [9.17, 15) is 29.9 Å². The molecule has 1 aliphatic carbocycles. The van der Waals surface area contributed by atoms with Gasteiger partial charge in [-0.3, -0.25) is 14.9 Å². The van der Waals surface area contributed by atoms with Crippen molar-refractivity contribution in [3.05, 3.63) is 78.8 Å². The molecule has 9 heteroatoms. The molecule has 30 heavy (non-hydrogen) atoms. The molecule has 1 aliphatic heterocycles. The Labute approximate surface area is 175 Å². The lowest BCUT2D eigenvalue weighted by atomic mass is 9.72. The number of nitro benzene ring substituents is 1. The number of allylic oxidation sites excluding steroid dienone is 3. The first-order valence-electron chi connectivity index (χ1n) is 9.26. The summed E-state index contributed by atoms with van der Waals surface area (Å²) in [5.41, 5.74) is 1.08. The van der Waals surface area contributed by atoms with Gasteiger partial charge in [0.1, 0.15) is 0 Å². The summed E-state index contributed by atoms with van der Waals surface area (Å²) in [7, 11) is 0. The number of Topliss-reactive ketones (excluding diaryl/α,β-unsaturated/α-hetero) is 1. The highest BCUT2D eigenvalue weighted by Gasteiger charge is 2.41. The number of nitrogens with zero attached hydrogens (tertiary/aromatic N) is 1. The predicted octanol–water partition coefficient (Wildman–Crippen LogP) is 3.81. The third-order valence-electron chi connectivity index (χ3n) is 5.53. The second kappa shape index (κ2) is 7.42. The van der Waals surface area contributed by atoms with Crippen LogP contribution in [0.1, 0.15) is 42.0 Å². The summed E-state index contributed by atoms with van der Waals surface area (Å²) in [5.74, 6) is -2.86. The molecule has 0 fully saturated rings. The average molecular weight is 426 g/mol. The maximum Gasteiger partial charge on any atom is 0.334 e. The zero-order chi connectivity index (χ0) is 21.6. The summed E-state index contributed by atoms with van der Waals surface area (Å²) >= 11 is 1.57. The monoisotopic (exact) mass is 426 g/mol. The van der Waals surface area contributed by atoms with Gasteiger partial charge in [-0.05, 0) is 36.4 Å². The molecule has 1 aromatic carbocycles. The highest BCUT2D eigenvalue weighted by atomic mass is 32.1. The topological polar surface area (TPSA) is 130 Å². The number of carboxylic acid groups (broad SMARTS) is 1. The van der Waals surface area contributed by atoms with Gasteiger partial charge < -0.3 is 15.5 Å². The van der Waals surface area contributed by atoms with Crippen molar-refractivity contribution >= 4 is 28.8 Å². The van der Waals surface area contributed by atoms with Gasteiger partial charge in [-0.25, -0.2) is 4.79 Å². The van der Waals surface area contributed by atoms with Crippen molar-refractivity contribution in [3.63, 3.8) is 0 Å². The number of benzene rings is 1. The molecule has 2 aliphatic rings. The summed E-state index contributed by atoms with van der Waals surface area (Å²) in [5, 5.41) is 36.0. The fourth-order valence-corrected chi connectivity index (χ4v) is 5.08. The van der Waals surface area contributed by atoms with Crippen LogP contribution in [0.4, 0.5) is 5.69 Å². The molecular weight excluding hydrogens is 408 g/mol. The number of hydrogen-bond acceptors (Lipinski definition) is 7. The Kier molecular flexibility index (Phi) is 4.90. The number of nitrogens with one attached hydrogen (secondary N) is 1. The highest BCUT2D eigenvalue weighted by Crippen LogP contribution is 2.47. The molecule has 0 radical (unpaired) electrons. The minimum absolute atomic E-state index is 0.00210. The number of aliphatic carboxylic acids is 1. The van der Waals surface area contributed by atoms with Crippen LogP contribution in [-0.4, -0.2) is 26.9 Å². The lowest BCUT2D eigenvalue weighted by molar-refractivity contribution is -0.385. The number of rotatable bonds is 4. The fraction of sp³-hybridized carbons (Fsp3) is 0.238. The van der Waals surface area contributed by atoms with E-state index < -0.39 is 28.2 Å². The van der Waals surface area contributed by atoms with E-state index in [1.54, 1.807) is 18.3 Å². The molecule has 3 N–H and O–H groups in total. The van der Waals surface area contributed by atoms with Crippen LogP contribution in [0.25, 0.3) is 0 Å². The number of nitro groups is 1. The number of thiophene rings is 1. The molecule has 8 nitrogen and oxygen atoms in total. The molecule has 2 atom stereocenters. The van der Waals surface area contributed by atoms with E-state index in [1.807, 2.05) is 17.5 Å². The van der Waals surface area contributed by atoms with Crippen molar-refractivity contribution in [1.82, 2.24) is 5.32 Å². The first-order valence-corrected chi connectivity index (χ1v) is 10.1. The number of hydrogen-bond donors (Lipinski definition) is 3. The van der Waals surface area contributed by atoms with Crippen molar-refractivity contribution in [1.29, 1.82) is 0 Å². The van der Waals surface area contributed by atoms with E-state index in [2.05, 4.69) is 5.32 Å². The molecule has 2 unspecified atom stereocenters. The maximum atomic E-state index is 13.2. The summed E-state index contributed by atoms with van der Waals surface area (Å²) < 4.78 is 0. The van der Waals surface area contributed by atoms with Gasteiger partial charge in [0.2, 0.25) is 0 Å². The first-order chi connectivity index (χ1) is 14.3. The third kappa shape index (κ3) is 3.26. The molecular formula is C21H18N2O6S. The van der Waals surface area contributed by atoms with E-state index in [-0.39, 0.29) is 29.3 Å². The Bertz CT molecular complexity index is 1130. The molecule has 0 spiro atoms. The van der Waals surface area contributed by atoms with Crippen LogP contribution in [-0.2, 0) is 9.59 Å². The van der Waals surface area contributed by atoms with Crippen molar-refractivity contribution in [2.24, 2.45) is 0 Å². The molecule has 2 aromatic rings. The van der Waals surface area contributed by atoms with Crippen LogP contribution < -0.4 is 5.32 Å². The van der Waals surface area contributed by atoms with Crippen molar-refractivity contribution in [2.75, 3.05) is 0 Å². The normalized spacial score (nSPS) is 21.3. The minimum Gasteiger partial charge on any atom is -0.502 e. The quantitative estimate of drug-likeness (QED) is 0.501. The molecule has 1 aromatic heterocycles. The fourth-order valence-electron chi connectivity index (χ4n) is 4.25. The van der Waals surface area contributed by atoms with E-state index in [0.717, 1.165) is 17.0 Å². The summed E-state index contributed by atoms with van der Waals surface area (Å²) in [6.07, 6.45) is 0.784. The molecule has 0 amide bonds. The Hall–Kier alpha value is -3.46. The number of ketones is 1. The lowest BCUT2D eigenvalue weighted by Gasteiger charge is -2.36. The Morgan fingerprint density at radius 2 is 2.07 bits per heavy atom. The van der Waals surface area contributed by atoms with Crippen LogP contribution in [0.15, 0.2) is 58.3 Å². The smallest absolute Gasteiger partial charge is 0.334 e. The van der Waals surface area contributed by atoms with Crippen molar-refractivity contribution in [2.45, 2.75) is 31.6 Å². The number of dihydropyridines is 1. The van der Waals surface area contributed by atoms with Gasteiger partial charge in [-0.1, -0.05) is 12.1 Å². The van der Waals surface area contributed by atoms with Crippen LogP contribution in [0, 0.1) is 10.1 Å². The summed E-state index contributed by atoms with van der Waals surface area (Å²) in [6, 6.07) is 7.63. The van der Waals surface area contributed by atoms with E-state index in [4.69, 9.17) is 0 Å². The molecule has 2 heterocycles. The SMILES string of the molecule is CC1=C(C(=O)O)C(c2ccc(O)c([N+](=O)[O-])c2)C2=C(CC(c3cccs3)CC2=O)N1. The van der Waals surface area contributed by atoms with Crippen molar-refractivity contribution in [3.8, 4) is 5.75 Å². The maximum absolute atomic E-state index is 13.2. The van der Waals surface area contributed by atoms with E-state index in [0.29, 0.717) is 23.4 Å². The second-order valence-corrected chi connectivity index (χ2v) is 8.32. The molecule has 4 rings (SSSR count). The van der Waals surface area contributed by atoms with Gasteiger partial charge in [-0.2, -0.15) is 0 Å². The standard InChI is InChI=1S/C21H18N2O6S/c1-10-18(21(26)27)19(11-4-5-15(24)14(8-11)23(28)29)20-13(22-10)7-12(9-16(20)25)17-3-2-6-30-17/h2-6,8,12,19,22,24H,7,9H2,1H3,(H,26,27). The third-order valence-corrected chi connectivity index (χ3v) is 6.57. The van der Waals surface area contributed by atoms with E-state index in [1.165, 1.54) is 6.07 Å². The van der Waals surface area contributed by atoms with Gasteiger partial charge in [0.05, 0.1) is 10.5 Å². The van der Waals surface area contributed by atoms with Gasteiger partial charge in [0.15, 0.2) is 11.5 Å². The Morgan fingerprint density at radius 1 is 1.30 bits per heavy atom. The lowest BCUT2D eigenvalue weighted by Crippen LogP contribution is -2.35. The molecule has 0 bridgehead atoms. The Morgan fingerprint density at radius 3 is 2.70 bits per heavy atom. The van der Waals surface area contributed by atoms with Gasteiger partial charge in [0.25, 0.3) is 0 Å². The summed E-state index contributed by atoms with van der Waals surface area (Å²) in [4.78, 5) is 36.9. The summed E-state index contributed by atoms with van der Waals surface area (Å²) in [6.45, 7) is 1.62. The van der Waals surface area contributed by atoms with Gasteiger partial charge in [0, 0.05) is 46.2 Å². The first kappa shape index (κ1) is 19.8. The molecule has 154 valence electrons. The second-order valence-electron chi connectivity index (χ2n) is 7.34. The predicted molar refractivity (Wildman–Crippen MR) is 109 cm³/mol.